The Kier molecular flexibility index (Phi) is 5.73. The number of aryl methyl sites for hydroxylation is 1. The van der Waals surface area contributed by atoms with Crippen molar-refractivity contribution in [2.75, 3.05) is 0 Å². The Labute approximate surface area is 160 Å². The first-order chi connectivity index (χ1) is 13.0. The summed E-state index contributed by atoms with van der Waals surface area (Å²) < 4.78 is 1.83. The maximum absolute atomic E-state index is 12.6. The second kappa shape index (κ2) is 8.20. The van der Waals surface area contributed by atoms with Crippen molar-refractivity contribution in [2.45, 2.75) is 13.0 Å². The quantitative estimate of drug-likeness (QED) is 0.344. The first-order valence-corrected chi connectivity index (χ1v) is 8.74. The fourth-order valence-corrected chi connectivity index (χ4v) is 2.98. The lowest BCUT2D eigenvalue weighted by atomic mass is 10.0. The number of carbonyl (C=O) groups excluding carboxylic acids is 2. The normalized spacial score (nSPS) is 12.0. The molecule has 0 fully saturated rings. The van der Waals surface area contributed by atoms with E-state index in [2.05, 4.69) is 10.3 Å². The number of para-hydroxylation sites is 2. The topological polar surface area (TPSA) is 96.3 Å². The summed E-state index contributed by atoms with van der Waals surface area (Å²) in [6.45, 7) is 0.244. The van der Waals surface area contributed by atoms with Crippen LogP contribution in [-0.4, -0.2) is 26.6 Å². The zero-order valence-electron chi connectivity index (χ0n) is 14.6. The van der Waals surface area contributed by atoms with E-state index >= 15 is 0 Å². The molecule has 0 aliphatic rings. The van der Waals surface area contributed by atoms with Gasteiger partial charge in [0.1, 0.15) is 11.7 Å². The molecule has 0 radical (unpaired) electrons. The molecule has 2 aromatic carbocycles. The molecule has 0 saturated heterocycles. The number of amides is 2. The first-order valence-electron chi connectivity index (χ1n) is 8.36. The third-order valence-corrected chi connectivity index (χ3v) is 4.64. The highest BCUT2D eigenvalue weighted by Crippen LogP contribution is 2.17. The summed E-state index contributed by atoms with van der Waals surface area (Å²) in [5.74, 6) is -1.82. The van der Waals surface area contributed by atoms with Gasteiger partial charge in [0, 0.05) is 25.0 Å². The van der Waals surface area contributed by atoms with E-state index in [1.165, 1.54) is 0 Å². The molecule has 3 aromatic rings. The van der Waals surface area contributed by atoms with Crippen LogP contribution in [0.2, 0.25) is 5.02 Å². The molecule has 1 aromatic heterocycles. The number of hydrogen-bond donors (Lipinski definition) is 3. The van der Waals surface area contributed by atoms with E-state index in [-0.39, 0.29) is 13.0 Å². The number of fused-ring (bicyclic) bond motifs is 1. The molecule has 3 N–H and O–H groups in total. The van der Waals surface area contributed by atoms with Crippen LogP contribution in [0.25, 0.3) is 11.0 Å². The number of hydrogen-bond acceptors (Lipinski definition) is 4. The smallest absolute Gasteiger partial charge is 0.256 e. The van der Waals surface area contributed by atoms with E-state index in [1.54, 1.807) is 29.7 Å². The summed E-state index contributed by atoms with van der Waals surface area (Å²) in [6, 6.07) is 14.6. The summed E-state index contributed by atoms with van der Waals surface area (Å²) in [4.78, 5) is 29.1. The molecule has 1 atom stereocenters. The van der Waals surface area contributed by atoms with Gasteiger partial charge in [-0.05, 0) is 29.8 Å². The molecule has 0 aliphatic heterocycles. The van der Waals surface area contributed by atoms with Crippen LogP contribution in [-0.2, 0) is 29.6 Å². The van der Waals surface area contributed by atoms with Gasteiger partial charge in [0.25, 0.3) is 5.91 Å². The van der Waals surface area contributed by atoms with E-state index in [9.17, 15) is 9.59 Å². The lowest BCUT2D eigenvalue weighted by Gasteiger charge is -2.15. The maximum Gasteiger partial charge on any atom is 0.256 e. The molecule has 2 amide bonds. The van der Waals surface area contributed by atoms with E-state index in [1.807, 2.05) is 35.9 Å². The SMILES string of the molecule is Cn1c(CC(C(=O)NO)C(=O)NCc2ccc(Cl)cc2)nc2ccccc21. The van der Waals surface area contributed by atoms with Crippen molar-refractivity contribution in [2.24, 2.45) is 13.0 Å². The lowest BCUT2D eigenvalue weighted by Crippen LogP contribution is -2.41. The number of halogens is 1. The first kappa shape index (κ1) is 18.9. The zero-order valence-corrected chi connectivity index (χ0v) is 15.4. The lowest BCUT2D eigenvalue weighted by molar-refractivity contribution is -0.140. The van der Waals surface area contributed by atoms with Gasteiger partial charge in [0.2, 0.25) is 5.91 Å². The number of benzene rings is 2. The Bertz CT molecular complexity index is 969. The van der Waals surface area contributed by atoms with Crippen LogP contribution in [0.4, 0.5) is 0 Å². The Hall–Kier alpha value is -2.90. The third-order valence-electron chi connectivity index (χ3n) is 4.39. The van der Waals surface area contributed by atoms with Crippen LogP contribution >= 0.6 is 11.6 Å². The van der Waals surface area contributed by atoms with Crippen molar-refractivity contribution < 1.29 is 14.8 Å². The summed E-state index contributed by atoms with van der Waals surface area (Å²) in [6.07, 6.45) is 0.0595. The van der Waals surface area contributed by atoms with Gasteiger partial charge in [-0.25, -0.2) is 10.5 Å². The van der Waals surface area contributed by atoms with Gasteiger partial charge in [0.05, 0.1) is 11.0 Å². The van der Waals surface area contributed by atoms with Gasteiger partial charge in [0.15, 0.2) is 0 Å². The van der Waals surface area contributed by atoms with Gasteiger partial charge in [-0.1, -0.05) is 35.9 Å². The predicted molar refractivity (Wildman–Crippen MR) is 101 cm³/mol. The van der Waals surface area contributed by atoms with E-state index in [4.69, 9.17) is 16.8 Å². The molecule has 0 saturated carbocycles. The standard InChI is InChI=1S/C19H19ClN4O3/c1-24-16-5-3-2-4-15(16)22-17(24)10-14(19(26)23-27)18(25)21-11-12-6-8-13(20)9-7-12/h2-9,14,27H,10-11H2,1H3,(H,21,25)(H,23,26). The Morgan fingerprint density at radius 1 is 1.15 bits per heavy atom. The molecular weight excluding hydrogens is 368 g/mol. The largest absolute Gasteiger partial charge is 0.351 e. The molecule has 0 bridgehead atoms. The molecule has 27 heavy (non-hydrogen) atoms. The zero-order chi connectivity index (χ0) is 19.4. The van der Waals surface area contributed by atoms with Crippen LogP contribution in [0.15, 0.2) is 48.5 Å². The van der Waals surface area contributed by atoms with Crippen LogP contribution in [0, 0.1) is 5.92 Å². The number of imidazole rings is 1. The molecular formula is C19H19ClN4O3. The van der Waals surface area contributed by atoms with Gasteiger partial charge >= 0.3 is 0 Å². The fraction of sp³-hybridized carbons (Fsp3) is 0.211. The molecule has 140 valence electrons. The average molecular weight is 387 g/mol. The van der Waals surface area contributed by atoms with Gasteiger partial charge in [-0.3, -0.25) is 14.8 Å². The van der Waals surface area contributed by atoms with Crippen molar-refractivity contribution >= 4 is 34.4 Å². The Morgan fingerprint density at radius 2 is 1.85 bits per heavy atom. The minimum absolute atomic E-state index is 0.0595. The minimum Gasteiger partial charge on any atom is -0.351 e. The number of aromatic nitrogens is 2. The summed E-state index contributed by atoms with van der Waals surface area (Å²) in [7, 11) is 1.82. The minimum atomic E-state index is -1.11. The number of carbonyl (C=O) groups is 2. The number of nitrogens with zero attached hydrogens (tertiary/aromatic N) is 2. The molecule has 3 rings (SSSR count). The second-order valence-corrected chi connectivity index (χ2v) is 6.59. The van der Waals surface area contributed by atoms with Crippen molar-refractivity contribution in [3.8, 4) is 0 Å². The third kappa shape index (κ3) is 4.27. The van der Waals surface area contributed by atoms with E-state index in [0.717, 1.165) is 16.6 Å². The van der Waals surface area contributed by atoms with Crippen molar-refractivity contribution in [3.63, 3.8) is 0 Å². The van der Waals surface area contributed by atoms with Crippen molar-refractivity contribution in [1.29, 1.82) is 0 Å². The summed E-state index contributed by atoms with van der Waals surface area (Å²) >= 11 is 5.85. The Balaban J connectivity index is 1.76. The molecule has 1 unspecified atom stereocenters. The molecule has 8 heteroatoms. The highest BCUT2D eigenvalue weighted by Gasteiger charge is 2.28. The predicted octanol–water partition coefficient (Wildman–Crippen LogP) is 2.21. The van der Waals surface area contributed by atoms with Gasteiger partial charge < -0.3 is 9.88 Å². The molecule has 0 aliphatic carbocycles. The highest BCUT2D eigenvalue weighted by molar-refractivity contribution is 6.30. The van der Waals surface area contributed by atoms with Gasteiger partial charge in [-0.15, -0.1) is 0 Å². The monoisotopic (exact) mass is 386 g/mol. The van der Waals surface area contributed by atoms with E-state index < -0.39 is 17.7 Å². The van der Waals surface area contributed by atoms with Crippen molar-refractivity contribution in [1.82, 2.24) is 20.3 Å². The van der Waals surface area contributed by atoms with Gasteiger partial charge in [-0.2, -0.15) is 0 Å². The second-order valence-electron chi connectivity index (χ2n) is 6.15. The summed E-state index contributed by atoms with van der Waals surface area (Å²) in [5.41, 5.74) is 4.09. The van der Waals surface area contributed by atoms with Crippen molar-refractivity contribution in [3.05, 3.63) is 64.9 Å². The van der Waals surface area contributed by atoms with E-state index in [0.29, 0.717) is 10.8 Å². The number of rotatable bonds is 6. The maximum atomic E-state index is 12.6. The summed E-state index contributed by atoms with van der Waals surface area (Å²) in [5, 5.41) is 12.4. The molecule has 7 nitrogen and oxygen atoms in total. The highest BCUT2D eigenvalue weighted by atomic mass is 35.5. The fourth-order valence-electron chi connectivity index (χ4n) is 2.86. The molecule has 1 heterocycles. The Morgan fingerprint density at radius 3 is 2.52 bits per heavy atom. The van der Waals surface area contributed by atoms with Crippen LogP contribution < -0.4 is 10.8 Å². The van der Waals surface area contributed by atoms with Crippen LogP contribution in [0.3, 0.4) is 0 Å². The molecule has 0 spiro atoms. The van der Waals surface area contributed by atoms with Crippen LogP contribution in [0.1, 0.15) is 11.4 Å². The van der Waals surface area contributed by atoms with Crippen LogP contribution in [0.5, 0.6) is 0 Å². The average Bonchev–Trinajstić information content (AvgIpc) is 3.00. The number of hydroxylamine groups is 1. The number of nitrogens with one attached hydrogen (secondary N) is 2.